The van der Waals surface area contributed by atoms with Gasteiger partial charge in [0.15, 0.2) is 5.58 Å². The number of pyridine rings is 1. The summed E-state index contributed by atoms with van der Waals surface area (Å²) in [4.78, 5) is 14.2. The van der Waals surface area contributed by atoms with Gasteiger partial charge in [-0.25, -0.2) is 9.97 Å². The molecule has 1 aliphatic rings. The minimum atomic E-state index is -0.0514. The predicted molar refractivity (Wildman–Crippen MR) is 139 cm³/mol. The van der Waals surface area contributed by atoms with Crippen LogP contribution in [0, 0.1) is 12.8 Å². The van der Waals surface area contributed by atoms with Gasteiger partial charge in [-0.3, -0.25) is 4.98 Å². The van der Waals surface area contributed by atoms with Crippen LogP contribution >= 0.6 is 0 Å². The average molecular weight is 450 g/mol. The van der Waals surface area contributed by atoms with Gasteiger partial charge in [-0.15, -0.1) is 0 Å². The topological polar surface area (TPSA) is 51.8 Å². The highest BCUT2D eigenvalue weighted by Gasteiger charge is 2.22. The van der Waals surface area contributed by atoms with E-state index in [0.29, 0.717) is 0 Å². The monoisotopic (exact) mass is 449 g/mol. The van der Waals surface area contributed by atoms with Gasteiger partial charge in [0.25, 0.3) is 0 Å². The van der Waals surface area contributed by atoms with Crippen LogP contribution in [-0.4, -0.2) is 15.0 Å². The van der Waals surface area contributed by atoms with E-state index in [9.17, 15) is 0 Å². The molecule has 0 saturated heterocycles. The number of hydrogen-bond acceptors (Lipinski definition) is 4. The van der Waals surface area contributed by atoms with Gasteiger partial charge in [0, 0.05) is 22.0 Å². The van der Waals surface area contributed by atoms with E-state index in [1.165, 1.54) is 36.8 Å². The minimum absolute atomic E-state index is 0.0514. The van der Waals surface area contributed by atoms with Crippen molar-refractivity contribution in [1.29, 1.82) is 0 Å². The Labute approximate surface area is 200 Å². The molecule has 0 atom stereocenters. The summed E-state index contributed by atoms with van der Waals surface area (Å²) in [5.41, 5.74) is 9.03. The molecule has 0 N–H and O–H groups in total. The standard InChI is InChI=1S/C30H31N3O/c1-18-9-11-21-15-22(16-24(26(21)33-18)30(2,3)4)27-29-28(32-17-31-27)23-12-10-20(14-25(23)34-29)13-19-7-5-6-8-19/h9-12,14-17,19H,5-8,13H2,1-4H3. The van der Waals surface area contributed by atoms with Crippen molar-refractivity contribution in [3.8, 4) is 11.3 Å². The maximum atomic E-state index is 6.46. The van der Waals surface area contributed by atoms with Crippen LogP contribution < -0.4 is 0 Å². The molecule has 34 heavy (non-hydrogen) atoms. The number of aromatic nitrogens is 3. The molecule has 0 unspecified atom stereocenters. The average Bonchev–Trinajstić information content (AvgIpc) is 3.44. The van der Waals surface area contributed by atoms with E-state index in [4.69, 9.17) is 14.4 Å². The summed E-state index contributed by atoms with van der Waals surface area (Å²) < 4.78 is 6.46. The van der Waals surface area contributed by atoms with Crippen molar-refractivity contribution >= 4 is 33.0 Å². The molecule has 0 bridgehead atoms. The second-order valence-corrected chi connectivity index (χ2v) is 11.0. The van der Waals surface area contributed by atoms with Crippen molar-refractivity contribution in [3.05, 3.63) is 65.6 Å². The number of rotatable bonds is 3. The van der Waals surface area contributed by atoms with Crippen LogP contribution in [0.5, 0.6) is 0 Å². The first-order valence-corrected chi connectivity index (χ1v) is 12.5. The Kier molecular flexibility index (Phi) is 4.94. The van der Waals surface area contributed by atoms with Crippen molar-refractivity contribution < 1.29 is 4.42 Å². The lowest BCUT2D eigenvalue weighted by Gasteiger charge is -2.22. The lowest BCUT2D eigenvalue weighted by Crippen LogP contribution is -2.13. The third-order valence-corrected chi connectivity index (χ3v) is 7.33. The zero-order chi connectivity index (χ0) is 23.4. The van der Waals surface area contributed by atoms with Gasteiger partial charge >= 0.3 is 0 Å². The molecule has 5 aromatic rings. The number of aryl methyl sites for hydroxylation is 1. The quantitative estimate of drug-likeness (QED) is 0.281. The molecule has 6 rings (SSSR count). The Morgan fingerprint density at radius 3 is 2.56 bits per heavy atom. The fourth-order valence-electron chi connectivity index (χ4n) is 5.54. The maximum Gasteiger partial charge on any atom is 0.180 e. The van der Waals surface area contributed by atoms with Gasteiger partial charge in [-0.2, -0.15) is 0 Å². The highest BCUT2D eigenvalue weighted by atomic mass is 16.3. The van der Waals surface area contributed by atoms with Crippen LogP contribution in [0.3, 0.4) is 0 Å². The molecular formula is C30H31N3O. The van der Waals surface area contributed by atoms with E-state index < -0.39 is 0 Å². The first-order chi connectivity index (χ1) is 16.4. The van der Waals surface area contributed by atoms with Crippen LogP contribution in [0.1, 0.15) is 63.3 Å². The van der Waals surface area contributed by atoms with E-state index in [-0.39, 0.29) is 5.41 Å². The fraction of sp³-hybridized carbons (Fsp3) is 0.367. The molecule has 3 heterocycles. The fourth-order valence-corrected chi connectivity index (χ4v) is 5.54. The summed E-state index contributed by atoms with van der Waals surface area (Å²) >= 11 is 0. The van der Waals surface area contributed by atoms with Crippen molar-refractivity contribution in [2.24, 2.45) is 5.92 Å². The van der Waals surface area contributed by atoms with Crippen molar-refractivity contribution in [2.45, 2.75) is 65.2 Å². The largest absolute Gasteiger partial charge is 0.452 e. The van der Waals surface area contributed by atoms with Gasteiger partial charge in [0.1, 0.15) is 23.1 Å². The van der Waals surface area contributed by atoms with Crippen LogP contribution in [-0.2, 0) is 11.8 Å². The molecule has 2 aromatic carbocycles. The highest BCUT2D eigenvalue weighted by Crippen LogP contribution is 2.38. The summed E-state index contributed by atoms with van der Waals surface area (Å²) in [7, 11) is 0. The molecule has 172 valence electrons. The lowest BCUT2D eigenvalue weighted by molar-refractivity contribution is 0.546. The molecule has 3 aromatic heterocycles. The van der Waals surface area contributed by atoms with Crippen LogP contribution in [0.25, 0.3) is 44.2 Å². The second kappa shape index (κ2) is 7.90. The first kappa shape index (κ1) is 21.3. The van der Waals surface area contributed by atoms with Gasteiger partial charge < -0.3 is 4.42 Å². The normalized spacial score (nSPS) is 15.2. The second-order valence-electron chi connectivity index (χ2n) is 11.0. The van der Waals surface area contributed by atoms with Crippen LogP contribution in [0.4, 0.5) is 0 Å². The van der Waals surface area contributed by atoms with Crippen molar-refractivity contribution in [1.82, 2.24) is 15.0 Å². The van der Waals surface area contributed by atoms with Crippen LogP contribution in [0.2, 0.25) is 0 Å². The summed E-state index contributed by atoms with van der Waals surface area (Å²) in [6.45, 7) is 8.75. The first-order valence-electron chi connectivity index (χ1n) is 12.5. The van der Waals surface area contributed by atoms with Crippen molar-refractivity contribution in [3.63, 3.8) is 0 Å². The van der Waals surface area contributed by atoms with Gasteiger partial charge in [-0.05, 0) is 66.1 Å². The van der Waals surface area contributed by atoms with Gasteiger partial charge in [0.2, 0.25) is 0 Å². The summed E-state index contributed by atoms with van der Waals surface area (Å²) in [6.07, 6.45) is 8.23. The molecule has 1 saturated carbocycles. The number of hydrogen-bond donors (Lipinski definition) is 0. The summed E-state index contributed by atoms with van der Waals surface area (Å²) in [5.74, 6) is 0.808. The molecule has 4 nitrogen and oxygen atoms in total. The molecule has 0 aliphatic heterocycles. The molecule has 1 fully saturated rings. The Bertz CT molecular complexity index is 1530. The number of furan rings is 1. The smallest absolute Gasteiger partial charge is 0.180 e. The Morgan fingerprint density at radius 2 is 1.76 bits per heavy atom. The number of fused-ring (bicyclic) bond motifs is 4. The van der Waals surface area contributed by atoms with E-state index in [1.807, 2.05) is 6.92 Å². The Morgan fingerprint density at radius 1 is 0.941 bits per heavy atom. The highest BCUT2D eigenvalue weighted by molar-refractivity contribution is 6.07. The van der Waals surface area contributed by atoms with E-state index >= 15 is 0 Å². The molecular weight excluding hydrogens is 418 g/mol. The van der Waals surface area contributed by atoms with E-state index in [1.54, 1.807) is 6.33 Å². The van der Waals surface area contributed by atoms with Gasteiger partial charge in [0.05, 0.1) is 5.52 Å². The summed E-state index contributed by atoms with van der Waals surface area (Å²) in [5, 5.41) is 2.18. The third-order valence-electron chi connectivity index (χ3n) is 7.33. The molecule has 0 spiro atoms. The van der Waals surface area contributed by atoms with Gasteiger partial charge in [-0.1, -0.05) is 58.6 Å². The van der Waals surface area contributed by atoms with E-state index in [2.05, 4.69) is 68.2 Å². The predicted octanol–water partition coefficient (Wildman–Crippen LogP) is 7.93. The molecule has 4 heteroatoms. The Hall–Kier alpha value is -3.27. The third kappa shape index (κ3) is 3.66. The Balaban J connectivity index is 1.52. The van der Waals surface area contributed by atoms with Crippen molar-refractivity contribution in [2.75, 3.05) is 0 Å². The van der Waals surface area contributed by atoms with Crippen LogP contribution in [0.15, 0.2) is 53.2 Å². The number of nitrogens with zero attached hydrogens (tertiary/aromatic N) is 3. The minimum Gasteiger partial charge on any atom is -0.452 e. The molecule has 0 radical (unpaired) electrons. The van der Waals surface area contributed by atoms with E-state index in [0.717, 1.165) is 62.3 Å². The summed E-state index contributed by atoms with van der Waals surface area (Å²) in [6, 6.07) is 15.3. The number of benzene rings is 2. The SMILES string of the molecule is Cc1ccc2cc(-c3ncnc4c3oc3cc(CC5CCCC5)ccc34)cc(C(C)(C)C)c2n1. The molecule has 1 aliphatic carbocycles. The molecule has 0 amide bonds. The maximum absolute atomic E-state index is 6.46. The zero-order valence-electron chi connectivity index (χ0n) is 20.5. The lowest BCUT2D eigenvalue weighted by atomic mass is 9.84. The zero-order valence-corrected chi connectivity index (χ0v) is 20.5.